The number of fused-ring (bicyclic) bond motifs is 2. The molecule has 0 atom stereocenters. The molecule has 10 aromatic rings. The molecule has 0 spiro atoms. The zero-order chi connectivity index (χ0) is 66.0. The average Bonchev–Trinajstić information content (AvgIpc) is 0.742. The normalized spacial score (nSPS) is 10.2. The van der Waals surface area contributed by atoms with E-state index in [4.69, 9.17) is 47.3 Å². The van der Waals surface area contributed by atoms with Gasteiger partial charge in [0.05, 0.1) is 47.1 Å². The number of methoxy groups -OCH3 is 6. The van der Waals surface area contributed by atoms with Crippen LogP contribution in [0, 0.1) is 64.7 Å². The van der Waals surface area contributed by atoms with Gasteiger partial charge in [0.25, 0.3) is 6.71 Å². The molecule has 10 aromatic carbocycles. The van der Waals surface area contributed by atoms with E-state index in [-0.39, 0.29) is 78.1 Å². The molecule has 0 aliphatic carbocycles. The average molecular weight is 1340 g/mol. The first-order chi connectivity index (χ1) is 43.8. The number of rotatable bonds is 14. The summed E-state index contributed by atoms with van der Waals surface area (Å²) in [4.78, 5) is 0. The number of hydrogen-bond acceptors (Lipinski definition) is 10. The molecule has 1 aliphatic rings. The molecule has 0 saturated carbocycles. The Hall–Kier alpha value is -7.80. The van der Waals surface area contributed by atoms with E-state index >= 15 is 0 Å². The fourth-order valence-corrected chi connectivity index (χ4v) is 8.82. The Kier molecular flexibility index (Phi) is 35.2. The van der Waals surface area contributed by atoms with Crippen LogP contribution < -0.4 is 121 Å². The molecular weight excluding hydrogens is 1280 g/mol. The predicted molar refractivity (Wildman–Crippen MR) is 340 cm³/mol. The molecule has 0 bridgehead atoms. The van der Waals surface area contributed by atoms with Crippen LogP contribution in [-0.4, -0.2) is 62.4 Å². The van der Waals surface area contributed by atoms with Gasteiger partial charge in [-0.25, -0.2) is 35.1 Å². The van der Waals surface area contributed by atoms with Crippen molar-refractivity contribution in [2.24, 2.45) is 0 Å². The first-order valence-corrected chi connectivity index (χ1v) is 28.3. The molecule has 11 rings (SSSR count). The van der Waals surface area contributed by atoms with Crippen LogP contribution in [0.25, 0.3) is 0 Å². The zero-order valence-corrected chi connectivity index (χ0v) is 55.3. The molecular formula is C70H60B2BrF8Li3O10. The molecule has 0 saturated heterocycles. The number of halogens is 9. The largest absolute Gasteiger partial charge is 1.00 e. The van der Waals surface area contributed by atoms with Gasteiger partial charge in [-0.05, 0) is 115 Å². The third-order valence-electron chi connectivity index (χ3n) is 12.5. The summed E-state index contributed by atoms with van der Waals surface area (Å²) in [6.45, 7) is 3.98. The maximum absolute atomic E-state index is 14.7. The number of benzene rings is 10. The Bertz CT molecular complexity index is 3650. The Labute approximate surface area is 588 Å². The second kappa shape index (κ2) is 41.1. The maximum Gasteiger partial charge on any atom is 1.00 e. The Morgan fingerprint density at radius 1 is 0.394 bits per heavy atom. The van der Waals surface area contributed by atoms with Gasteiger partial charge in [0, 0.05) is 74.7 Å². The van der Waals surface area contributed by atoms with Crippen molar-refractivity contribution in [1.82, 2.24) is 0 Å². The zero-order valence-electron chi connectivity index (χ0n) is 53.7. The van der Waals surface area contributed by atoms with Crippen molar-refractivity contribution in [2.45, 2.75) is 26.8 Å². The van der Waals surface area contributed by atoms with Crippen LogP contribution in [0.3, 0.4) is 0 Å². The topological polar surface area (TPSA) is 92.3 Å². The fourth-order valence-electron chi connectivity index (χ4n) is 8.55. The van der Waals surface area contributed by atoms with Gasteiger partial charge in [-0.1, -0.05) is 61.4 Å². The van der Waals surface area contributed by atoms with Crippen LogP contribution in [0.15, 0.2) is 199 Å². The molecule has 94 heavy (non-hydrogen) atoms. The second-order valence-electron chi connectivity index (χ2n) is 19.0. The quantitative estimate of drug-likeness (QED) is 0.0495. The smallest absolute Gasteiger partial charge is 0.522 e. The van der Waals surface area contributed by atoms with Crippen molar-refractivity contribution < 1.29 is 139 Å². The second-order valence-corrected chi connectivity index (χ2v) is 19.8. The van der Waals surface area contributed by atoms with E-state index in [1.165, 1.54) is 74.9 Å². The van der Waals surface area contributed by atoms with Gasteiger partial charge in [-0.2, -0.15) is 18.2 Å². The Morgan fingerprint density at radius 3 is 1.13 bits per heavy atom. The maximum atomic E-state index is 14.7. The molecule has 10 nitrogen and oxygen atoms in total. The molecule has 0 fully saturated rings. The van der Waals surface area contributed by atoms with Crippen molar-refractivity contribution in [1.29, 1.82) is 0 Å². The number of ether oxygens (including phenoxy) is 9. The Morgan fingerprint density at radius 2 is 0.755 bits per heavy atom. The molecule has 0 aromatic heterocycles. The van der Waals surface area contributed by atoms with Gasteiger partial charge in [-0.15, -0.1) is 42.5 Å². The summed E-state index contributed by atoms with van der Waals surface area (Å²) in [6.07, 6.45) is -0.0518. The summed E-state index contributed by atoms with van der Waals surface area (Å²) in [5.74, 6) is 2.55. The van der Waals surface area contributed by atoms with Crippen LogP contribution in [0.4, 0.5) is 35.1 Å². The fraction of sp³-hybridized carbons (Fsp3) is 0.143. The minimum absolute atomic E-state index is 0. The molecule has 1 aliphatic heterocycles. The van der Waals surface area contributed by atoms with Gasteiger partial charge < -0.3 is 47.3 Å². The molecule has 1 heterocycles. The van der Waals surface area contributed by atoms with Crippen molar-refractivity contribution >= 4 is 51.4 Å². The van der Waals surface area contributed by atoms with Crippen LogP contribution in [-0.2, 0) is 4.65 Å². The van der Waals surface area contributed by atoms with E-state index in [0.717, 1.165) is 35.1 Å². The van der Waals surface area contributed by atoms with E-state index < -0.39 is 60.2 Å². The first-order valence-electron chi connectivity index (χ1n) is 27.6. The van der Waals surface area contributed by atoms with E-state index in [0.29, 0.717) is 56.9 Å². The van der Waals surface area contributed by atoms with Crippen LogP contribution in [0.2, 0.25) is 6.82 Å². The van der Waals surface area contributed by atoms with Crippen LogP contribution in [0.1, 0.15) is 13.8 Å². The summed E-state index contributed by atoms with van der Waals surface area (Å²) in [5.41, 5.74) is 1.07. The summed E-state index contributed by atoms with van der Waals surface area (Å²) < 4.78 is 158. The van der Waals surface area contributed by atoms with E-state index in [2.05, 4.69) is 28.1 Å². The molecule has 0 unspecified atom stereocenters. The third-order valence-corrected chi connectivity index (χ3v) is 13.3. The molecule has 24 heteroatoms. The molecule has 0 radical (unpaired) electrons. The SMILES string of the molecule is CB(OC(C)C)c1c(F)cccc1F.COc1[c-]c(Oc2[c-]c(OC)ccc2)ccc1.COc1cccc(Oc2cccc(OC)c2)c1.COc1cccc2c1B(c1c(F)cccc1F)c1c(OC)cccc1O2.Fc1[c-]c(F)ccc1.Fc1cccc(F)c1Br.[Li+].[Li+].[Li+]. The minimum atomic E-state index is -0.762. The van der Waals surface area contributed by atoms with Crippen LogP contribution in [0.5, 0.6) is 69.0 Å². The third kappa shape index (κ3) is 23.9. The molecule has 0 N–H and O–H groups in total. The van der Waals surface area contributed by atoms with Crippen molar-refractivity contribution in [3.05, 3.63) is 263 Å². The standard InChI is InChI=1S/C20H15BF2O3.C14H14O3.C14H12O3.C10H13BF2O.C6H3BrF2.C6H3F2.3Li/c1-24-14-8-4-10-16-19(14)21(18-12(22)6-3-7-13(18)23)20-15(25-2)9-5-11-17(20)26-16;2*1-15-11-5-3-7-13(9-11)17-14-8-4-6-12(10-14)16-2;1-7(2)14-11(3)10-8(12)5-4-6-9(10)13;7-6-4(8)2-1-3-5(6)9;7-5-2-1-3-6(8)4-5;;;/h3-11H,1-2H3;3-10H,1-2H3;3-8H,1-2H3;4-7H,1-3H3;1-3H;1-3H;;;/q;;-2;;;-1;3*+1. The summed E-state index contributed by atoms with van der Waals surface area (Å²) in [6, 6.07) is 59.1. The van der Waals surface area contributed by atoms with Crippen LogP contribution >= 0.6 is 15.9 Å². The summed E-state index contributed by atoms with van der Waals surface area (Å²) in [7, 11) is 9.47. The molecule has 472 valence electrons. The van der Waals surface area contributed by atoms with Crippen molar-refractivity contribution in [3.8, 4) is 69.0 Å². The van der Waals surface area contributed by atoms with Gasteiger partial charge >= 0.3 is 63.5 Å². The monoisotopic (exact) mass is 1330 g/mol. The van der Waals surface area contributed by atoms with Gasteiger partial charge in [-0.3, -0.25) is 0 Å². The minimum Gasteiger partial charge on any atom is -0.522 e. The van der Waals surface area contributed by atoms with Gasteiger partial charge in [0.1, 0.15) is 80.9 Å². The predicted octanol–water partition coefficient (Wildman–Crippen LogP) is 6.92. The number of hydrogen-bond donors (Lipinski definition) is 0. The Balaban J connectivity index is 0.000000304. The van der Waals surface area contributed by atoms with Gasteiger partial charge in [0.15, 0.2) is 0 Å². The summed E-state index contributed by atoms with van der Waals surface area (Å²) in [5, 5.41) is 0. The van der Waals surface area contributed by atoms with E-state index in [1.54, 1.807) is 83.8 Å². The van der Waals surface area contributed by atoms with E-state index in [1.807, 2.05) is 92.7 Å². The summed E-state index contributed by atoms with van der Waals surface area (Å²) >= 11 is 2.73. The van der Waals surface area contributed by atoms with Crippen molar-refractivity contribution in [3.63, 3.8) is 0 Å². The first kappa shape index (κ1) is 80.4. The molecule has 0 amide bonds. The van der Waals surface area contributed by atoms with Crippen molar-refractivity contribution in [2.75, 3.05) is 42.7 Å². The van der Waals surface area contributed by atoms with E-state index in [9.17, 15) is 35.1 Å². The van der Waals surface area contributed by atoms with Gasteiger partial charge in [0.2, 0.25) is 0 Å².